The zero-order valence-electron chi connectivity index (χ0n) is 17.5. The van der Waals surface area contributed by atoms with E-state index >= 15 is 0 Å². The number of benzene rings is 3. The predicted molar refractivity (Wildman–Crippen MR) is 124 cm³/mol. The van der Waals surface area contributed by atoms with Crippen LogP contribution in [0.1, 0.15) is 21.5 Å². The van der Waals surface area contributed by atoms with E-state index in [4.69, 9.17) is 21.1 Å². The van der Waals surface area contributed by atoms with Gasteiger partial charge in [-0.1, -0.05) is 41.9 Å². The molecular formula is C25H19ClN2O5. The molecule has 0 aliphatic rings. The van der Waals surface area contributed by atoms with Crippen LogP contribution < -0.4 is 14.8 Å². The molecular weight excluding hydrogens is 444 g/mol. The number of nitrogens with zero attached hydrogens (tertiary/aromatic N) is 1. The van der Waals surface area contributed by atoms with E-state index in [1.165, 1.54) is 25.3 Å². The highest BCUT2D eigenvalue weighted by molar-refractivity contribution is 6.30. The molecule has 0 fully saturated rings. The van der Waals surface area contributed by atoms with Crippen molar-refractivity contribution in [3.8, 4) is 17.6 Å². The first-order valence-electron chi connectivity index (χ1n) is 9.72. The molecule has 0 aromatic heterocycles. The van der Waals surface area contributed by atoms with Gasteiger partial charge < -0.3 is 19.9 Å². The Morgan fingerprint density at radius 2 is 1.82 bits per heavy atom. The maximum atomic E-state index is 12.6. The molecule has 3 aromatic carbocycles. The molecule has 3 aromatic rings. The van der Waals surface area contributed by atoms with Crippen molar-refractivity contribution in [3.05, 3.63) is 94.0 Å². The van der Waals surface area contributed by atoms with Gasteiger partial charge in [-0.15, -0.1) is 0 Å². The second kappa shape index (κ2) is 10.8. The number of methoxy groups -OCH3 is 1. The molecule has 0 heterocycles. The quantitative estimate of drug-likeness (QED) is 0.353. The smallest absolute Gasteiger partial charge is 0.337 e. The van der Waals surface area contributed by atoms with E-state index in [-0.39, 0.29) is 23.4 Å². The van der Waals surface area contributed by atoms with Crippen LogP contribution in [0.15, 0.2) is 72.3 Å². The number of carbonyl (C=O) groups is 2. The van der Waals surface area contributed by atoms with E-state index in [1.807, 2.05) is 18.2 Å². The Morgan fingerprint density at radius 1 is 1.09 bits per heavy atom. The minimum Gasteiger partial charge on any atom is -0.493 e. The lowest BCUT2D eigenvalue weighted by molar-refractivity contribution is -0.112. The molecule has 0 saturated heterocycles. The first kappa shape index (κ1) is 23.4. The number of para-hydroxylation sites is 1. The van der Waals surface area contributed by atoms with E-state index in [9.17, 15) is 20.0 Å². The largest absolute Gasteiger partial charge is 0.493 e. The molecule has 2 N–H and O–H groups in total. The number of nitriles is 1. The van der Waals surface area contributed by atoms with Gasteiger partial charge in [0, 0.05) is 5.02 Å². The number of anilines is 1. The number of aromatic carboxylic acids is 1. The van der Waals surface area contributed by atoms with Gasteiger partial charge in [0.15, 0.2) is 11.5 Å². The zero-order valence-corrected chi connectivity index (χ0v) is 18.3. The maximum Gasteiger partial charge on any atom is 0.337 e. The van der Waals surface area contributed by atoms with Crippen molar-refractivity contribution in [2.75, 3.05) is 12.4 Å². The lowest BCUT2D eigenvalue weighted by atomic mass is 10.1. The summed E-state index contributed by atoms with van der Waals surface area (Å²) in [5.41, 5.74) is 1.24. The number of carboxylic acids is 1. The van der Waals surface area contributed by atoms with Crippen LogP contribution in [0.25, 0.3) is 6.08 Å². The highest BCUT2D eigenvalue weighted by atomic mass is 35.5. The van der Waals surface area contributed by atoms with E-state index in [1.54, 1.807) is 42.5 Å². The summed E-state index contributed by atoms with van der Waals surface area (Å²) in [6.07, 6.45) is 1.38. The van der Waals surface area contributed by atoms with Crippen LogP contribution in [0.3, 0.4) is 0 Å². The fourth-order valence-corrected chi connectivity index (χ4v) is 3.05. The second-order valence-electron chi connectivity index (χ2n) is 6.80. The molecule has 0 bridgehead atoms. The number of halogens is 1. The minimum absolute atomic E-state index is 0.0783. The van der Waals surface area contributed by atoms with Crippen LogP contribution in [-0.4, -0.2) is 24.1 Å². The first-order chi connectivity index (χ1) is 15.9. The Morgan fingerprint density at radius 3 is 2.48 bits per heavy atom. The molecule has 7 nitrogen and oxygen atoms in total. The van der Waals surface area contributed by atoms with Crippen LogP contribution in [0.2, 0.25) is 5.02 Å². The van der Waals surface area contributed by atoms with Crippen LogP contribution in [0.4, 0.5) is 5.69 Å². The van der Waals surface area contributed by atoms with Gasteiger partial charge in [0.2, 0.25) is 0 Å². The fraction of sp³-hybridized carbons (Fsp3) is 0.0800. The molecule has 3 rings (SSSR count). The van der Waals surface area contributed by atoms with Crippen LogP contribution in [0, 0.1) is 11.3 Å². The summed E-state index contributed by atoms with van der Waals surface area (Å²) in [4.78, 5) is 24.0. The number of ether oxygens (including phenoxy) is 2. The van der Waals surface area contributed by atoms with E-state index in [0.29, 0.717) is 22.1 Å². The standard InChI is InChI=1S/C25H19ClN2O5/c1-32-22-11-8-17(13-23(22)33-15-16-6-9-19(26)10-7-16)12-18(14-27)24(29)28-21-5-3-2-4-20(21)25(30)31/h2-13H,15H2,1H3,(H,28,29)(H,30,31)/b18-12+. The van der Waals surface area contributed by atoms with Gasteiger partial charge in [0.05, 0.1) is 18.4 Å². The molecule has 0 spiro atoms. The summed E-state index contributed by atoms with van der Waals surface area (Å²) in [7, 11) is 1.51. The van der Waals surface area contributed by atoms with Crippen molar-refractivity contribution >= 4 is 35.2 Å². The Hall–Kier alpha value is -4.28. The van der Waals surface area contributed by atoms with E-state index in [2.05, 4.69) is 5.32 Å². The van der Waals surface area contributed by atoms with Crippen LogP contribution in [0.5, 0.6) is 11.5 Å². The third-order valence-corrected chi connectivity index (χ3v) is 4.83. The van der Waals surface area contributed by atoms with Crippen molar-refractivity contribution in [1.82, 2.24) is 0 Å². The number of carboxylic acid groups (broad SMARTS) is 1. The van der Waals surface area contributed by atoms with Crippen molar-refractivity contribution in [2.45, 2.75) is 6.61 Å². The Kier molecular flexibility index (Phi) is 7.68. The number of amides is 1. The highest BCUT2D eigenvalue weighted by Crippen LogP contribution is 2.30. The molecule has 0 atom stereocenters. The van der Waals surface area contributed by atoms with Gasteiger partial charge in [0.1, 0.15) is 18.2 Å². The van der Waals surface area contributed by atoms with E-state index < -0.39 is 11.9 Å². The average Bonchev–Trinajstić information content (AvgIpc) is 2.82. The first-order valence-corrected chi connectivity index (χ1v) is 10.1. The molecule has 0 saturated carbocycles. The van der Waals surface area contributed by atoms with Gasteiger partial charge in [-0.2, -0.15) is 5.26 Å². The molecule has 166 valence electrons. The SMILES string of the molecule is COc1ccc(/C=C(\C#N)C(=O)Nc2ccccc2C(=O)O)cc1OCc1ccc(Cl)cc1. The Balaban J connectivity index is 1.82. The minimum atomic E-state index is -1.19. The average molecular weight is 463 g/mol. The molecule has 0 aliphatic heterocycles. The third kappa shape index (κ3) is 6.12. The maximum absolute atomic E-state index is 12.6. The van der Waals surface area contributed by atoms with Gasteiger partial charge in [-0.05, 0) is 53.6 Å². The molecule has 0 aliphatic carbocycles. The number of nitrogens with one attached hydrogen (secondary N) is 1. The molecule has 0 unspecified atom stereocenters. The topological polar surface area (TPSA) is 109 Å². The molecule has 8 heteroatoms. The molecule has 0 radical (unpaired) electrons. The van der Waals surface area contributed by atoms with Gasteiger partial charge in [-0.3, -0.25) is 4.79 Å². The third-order valence-electron chi connectivity index (χ3n) is 4.58. The highest BCUT2D eigenvalue weighted by Gasteiger charge is 2.15. The Labute approximate surface area is 195 Å². The second-order valence-corrected chi connectivity index (χ2v) is 7.24. The summed E-state index contributed by atoms with van der Waals surface area (Å²) in [5.74, 6) is -1.01. The fourth-order valence-electron chi connectivity index (χ4n) is 2.92. The van der Waals surface area contributed by atoms with Crippen molar-refractivity contribution in [3.63, 3.8) is 0 Å². The normalized spacial score (nSPS) is 10.8. The van der Waals surface area contributed by atoms with Crippen molar-refractivity contribution in [2.24, 2.45) is 0 Å². The summed E-state index contributed by atoms with van der Waals surface area (Å²) in [6, 6.07) is 20.0. The van der Waals surface area contributed by atoms with Crippen LogP contribution >= 0.6 is 11.6 Å². The number of hydrogen-bond acceptors (Lipinski definition) is 5. The van der Waals surface area contributed by atoms with Crippen LogP contribution in [-0.2, 0) is 11.4 Å². The van der Waals surface area contributed by atoms with Gasteiger partial charge in [0.25, 0.3) is 5.91 Å². The lowest BCUT2D eigenvalue weighted by Gasteiger charge is -2.12. The predicted octanol–water partition coefficient (Wildman–Crippen LogP) is 5.17. The van der Waals surface area contributed by atoms with Gasteiger partial charge >= 0.3 is 5.97 Å². The monoisotopic (exact) mass is 462 g/mol. The lowest BCUT2D eigenvalue weighted by Crippen LogP contribution is -2.16. The van der Waals surface area contributed by atoms with Crippen molar-refractivity contribution < 1.29 is 24.2 Å². The number of carbonyl (C=O) groups excluding carboxylic acids is 1. The summed E-state index contributed by atoms with van der Waals surface area (Å²) >= 11 is 5.90. The number of hydrogen-bond donors (Lipinski definition) is 2. The van der Waals surface area contributed by atoms with E-state index in [0.717, 1.165) is 5.56 Å². The summed E-state index contributed by atoms with van der Waals surface area (Å²) in [6.45, 7) is 0.262. The Bertz CT molecular complexity index is 1250. The van der Waals surface area contributed by atoms with Crippen molar-refractivity contribution in [1.29, 1.82) is 5.26 Å². The molecule has 33 heavy (non-hydrogen) atoms. The summed E-state index contributed by atoms with van der Waals surface area (Å²) in [5, 5.41) is 21.9. The number of rotatable bonds is 8. The molecule has 1 amide bonds. The zero-order chi connectivity index (χ0) is 23.8. The summed E-state index contributed by atoms with van der Waals surface area (Å²) < 4.78 is 11.2. The van der Waals surface area contributed by atoms with Gasteiger partial charge in [-0.25, -0.2) is 4.79 Å².